The number of nitrogen functional groups attached to an aromatic ring is 1. The summed E-state index contributed by atoms with van der Waals surface area (Å²) in [5, 5.41) is 0.107. The molecule has 2 N–H and O–H groups in total. The molecule has 29 heavy (non-hydrogen) atoms. The first-order valence-electron chi connectivity index (χ1n) is 8.30. The minimum absolute atomic E-state index is 0.101. The fourth-order valence-electron chi connectivity index (χ4n) is 3.23. The smallest absolute Gasteiger partial charge is 0.416 e. The second kappa shape index (κ2) is 6.36. The summed E-state index contributed by atoms with van der Waals surface area (Å²) in [4.78, 5) is 29.5. The highest BCUT2D eigenvalue weighted by Crippen LogP contribution is 2.34. The van der Waals surface area contributed by atoms with Gasteiger partial charge in [-0.2, -0.15) is 13.2 Å². The van der Waals surface area contributed by atoms with E-state index < -0.39 is 28.8 Å². The number of anilines is 1. The lowest BCUT2D eigenvalue weighted by Gasteiger charge is -2.17. The molecule has 148 valence electrons. The van der Waals surface area contributed by atoms with Crippen LogP contribution >= 0.6 is 0 Å². The van der Waals surface area contributed by atoms with Gasteiger partial charge in [-0.1, -0.05) is 12.1 Å². The lowest BCUT2D eigenvalue weighted by Crippen LogP contribution is -2.29. The molecule has 0 amide bonds. The van der Waals surface area contributed by atoms with E-state index >= 15 is 0 Å². The van der Waals surface area contributed by atoms with Gasteiger partial charge in [-0.3, -0.25) is 13.8 Å². The number of fused-ring (bicyclic) bond motifs is 2. The van der Waals surface area contributed by atoms with Crippen LogP contribution in [0.2, 0.25) is 0 Å². The maximum absolute atomic E-state index is 13.3. The summed E-state index contributed by atoms with van der Waals surface area (Å²) in [6.45, 7) is 0. The molecule has 0 bridgehead atoms. The molecule has 0 spiro atoms. The fourth-order valence-corrected chi connectivity index (χ4v) is 3.23. The Morgan fingerprint density at radius 1 is 1.21 bits per heavy atom. The van der Waals surface area contributed by atoms with Gasteiger partial charge in [0.25, 0.3) is 5.56 Å². The van der Waals surface area contributed by atoms with Crippen LogP contribution in [0.25, 0.3) is 22.4 Å². The quantitative estimate of drug-likeness (QED) is 0.521. The highest BCUT2D eigenvalue weighted by Gasteiger charge is 2.32. The Morgan fingerprint density at radius 2 is 1.97 bits per heavy atom. The number of aromatic nitrogens is 3. The molecule has 0 radical (unpaired) electrons. The summed E-state index contributed by atoms with van der Waals surface area (Å²) in [6, 6.07) is 7.57. The largest absolute Gasteiger partial charge is 0.465 e. The minimum Gasteiger partial charge on any atom is -0.465 e. The molecule has 0 saturated heterocycles. The Kier molecular flexibility index (Phi) is 4.07. The molecule has 0 fully saturated rings. The van der Waals surface area contributed by atoms with E-state index in [0.717, 1.165) is 29.9 Å². The van der Waals surface area contributed by atoms with E-state index in [1.807, 2.05) is 0 Å². The van der Waals surface area contributed by atoms with Crippen LogP contribution in [0.3, 0.4) is 0 Å². The van der Waals surface area contributed by atoms with Gasteiger partial charge in [0.05, 0.1) is 23.9 Å². The molecule has 0 atom stereocenters. The molecule has 7 nitrogen and oxygen atoms in total. The second-order valence-corrected chi connectivity index (χ2v) is 6.19. The van der Waals surface area contributed by atoms with Crippen LogP contribution in [0.15, 0.2) is 53.6 Å². The predicted octanol–water partition coefficient (Wildman–Crippen LogP) is 3.03. The number of methoxy groups -OCH3 is 1. The van der Waals surface area contributed by atoms with Crippen LogP contribution in [0.4, 0.5) is 18.9 Å². The molecule has 0 aliphatic heterocycles. The van der Waals surface area contributed by atoms with Crippen molar-refractivity contribution in [2.45, 2.75) is 6.18 Å². The summed E-state index contributed by atoms with van der Waals surface area (Å²) >= 11 is 0. The number of esters is 1. The monoisotopic (exact) mass is 402 g/mol. The molecule has 0 aliphatic carbocycles. The Morgan fingerprint density at radius 3 is 2.66 bits per heavy atom. The molecule has 1 aromatic carbocycles. The standard InChI is InChI=1S/C19H13F3N4O3/c1-29-18(28)15-16(23)11-6-5-10(19(20,21)22)9-12(11)26(17(15)27)14-4-2-3-13-24-7-8-25(13)14/h2-9H,23H2,1H3. The van der Waals surface area contributed by atoms with Crippen molar-refractivity contribution in [3.8, 4) is 5.82 Å². The van der Waals surface area contributed by atoms with Crippen LogP contribution < -0.4 is 11.3 Å². The predicted molar refractivity (Wildman–Crippen MR) is 99.0 cm³/mol. The van der Waals surface area contributed by atoms with Gasteiger partial charge in [0.1, 0.15) is 17.0 Å². The average Bonchev–Trinajstić information content (AvgIpc) is 3.16. The van der Waals surface area contributed by atoms with E-state index in [9.17, 15) is 22.8 Å². The van der Waals surface area contributed by atoms with Crippen molar-refractivity contribution in [2.75, 3.05) is 12.8 Å². The molecule has 0 saturated carbocycles. The molecule has 0 unspecified atom stereocenters. The van der Waals surface area contributed by atoms with Crippen molar-refractivity contribution in [1.29, 1.82) is 0 Å². The second-order valence-electron chi connectivity index (χ2n) is 6.19. The number of rotatable bonds is 2. The number of halogens is 3. The summed E-state index contributed by atoms with van der Waals surface area (Å²) in [7, 11) is 1.08. The third-order valence-corrected chi connectivity index (χ3v) is 4.57. The number of carbonyl (C=O) groups excluding carboxylic acids is 1. The molecule has 4 rings (SSSR count). The Bertz CT molecular complexity index is 1340. The highest BCUT2D eigenvalue weighted by molar-refractivity contribution is 6.04. The zero-order valence-electron chi connectivity index (χ0n) is 14.9. The third kappa shape index (κ3) is 2.80. The van der Waals surface area contributed by atoms with E-state index in [1.54, 1.807) is 18.3 Å². The van der Waals surface area contributed by atoms with Crippen LogP contribution in [0, 0.1) is 0 Å². The normalized spacial score (nSPS) is 11.9. The van der Waals surface area contributed by atoms with Gasteiger partial charge in [0, 0.05) is 17.8 Å². The van der Waals surface area contributed by atoms with Gasteiger partial charge >= 0.3 is 12.1 Å². The number of pyridine rings is 2. The first-order chi connectivity index (χ1) is 13.7. The van der Waals surface area contributed by atoms with Gasteiger partial charge in [-0.05, 0) is 24.3 Å². The first kappa shape index (κ1) is 18.5. The van der Waals surface area contributed by atoms with Gasteiger partial charge in [-0.25, -0.2) is 9.78 Å². The fraction of sp³-hybridized carbons (Fsp3) is 0.105. The average molecular weight is 402 g/mol. The Labute approximate surface area is 160 Å². The topological polar surface area (TPSA) is 91.6 Å². The zero-order chi connectivity index (χ0) is 20.9. The maximum atomic E-state index is 13.3. The Balaban J connectivity index is 2.22. The third-order valence-electron chi connectivity index (χ3n) is 4.57. The van der Waals surface area contributed by atoms with E-state index in [-0.39, 0.29) is 22.4 Å². The molecule has 3 aromatic heterocycles. The van der Waals surface area contributed by atoms with Crippen molar-refractivity contribution in [1.82, 2.24) is 14.0 Å². The molecule has 0 aliphatic rings. The van der Waals surface area contributed by atoms with E-state index in [1.165, 1.54) is 16.7 Å². The van der Waals surface area contributed by atoms with Crippen molar-refractivity contribution in [3.63, 3.8) is 0 Å². The Hall–Kier alpha value is -3.82. The molecule has 10 heteroatoms. The van der Waals surface area contributed by atoms with Gasteiger partial charge in [0.15, 0.2) is 0 Å². The van der Waals surface area contributed by atoms with E-state index in [4.69, 9.17) is 5.73 Å². The lowest BCUT2D eigenvalue weighted by molar-refractivity contribution is -0.137. The molecule has 3 heterocycles. The van der Waals surface area contributed by atoms with Crippen LogP contribution in [-0.2, 0) is 10.9 Å². The van der Waals surface area contributed by atoms with Crippen LogP contribution in [-0.4, -0.2) is 27.0 Å². The number of alkyl halides is 3. The lowest BCUT2D eigenvalue weighted by atomic mass is 10.1. The number of carbonyl (C=O) groups is 1. The van der Waals surface area contributed by atoms with Crippen molar-refractivity contribution < 1.29 is 22.7 Å². The number of hydrogen-bond donors (Lipinski definition) is 1. The minimum atomic E-state index is -4.63. The van der Waals surface area contributed by atoms with Crippen molar-refractivity contribution >= 4 is 28.2 Å². The first-order valence-corrected chi connectivity index (χ1v) is 8.30. The zero-order valence-corrected chi connectivity index (χ0v) is 14.9. The maximum Gasteiger partial charge on any atom is 0.416 e. The molecule has 4 aromatic rings. The summed E-state index contributed by atoms with van der Waals surface area (Å²) in [5.41, 5.74) is 3.77. The number of ether oxygens (including phenoxy) is 1. The van der Waals surface area contributed by atoms with E-state index in [0.29, 0.717) is 5.65 Å². The van der Waals surface area contributed by atoms with Crippen LogP contribution in [0.1, 0.15) is 15.9 Å². The molecular formula is C19H13F3N4O3. The van der Waals surface area contributed by atoms with Crippen molar-refractivity contribution in [3.05, 3.63) is 70.3 Å². The van der Waals surface area contributed by atoms with Gasteiger partial charge < -0.3 is 10.5 Å². The van der Waals surface area contributed by atoms with E-state index in [2.05, 4.69) is 9.72 Å². The number of nitrogens with two attached hydrogens (primary N) is 1. The number of benzene rings is 1. The SMILES string of the molecule is COC(=O)c1c(N)c2ccc(C(F)(F)F)cc2n(-c2cccc3nccn23)c1=O. The summed E-state index contributed by atoms with van der Waals surface area (Å²) in [6.07, 6.45) is -1.61. The summed E-state index contributed by atoms with van der Waals surface area (Å²) in [5.74, 6) is -0.791. The van der Waals surface area contributed by atoms with Gasteiger partial charge in [-0.15, -0.1) is 0 Å². The number of hydrogen-bond acceptors (Lipinski definition) is 5. The molecular weight excluding hydrogens is 389 g/mol. The summed E-state index contributed by atoms with van der Waals surface area (Å²) < 4.78 is 47.1. The van der Waals surface area contributed by atoms with Crippen molar-refractivity contribution in [2.24, 2.45) is 0 Å². The number of nitrogens with zero attached hydrogens (tertiary/aromatic N) is 3. The van der Waals surface area contributed by atoms with Gasteiger partial charge in [0.2, 0.25) is 0 Å². The highest BCUT2D eigenvalue weighted by atomic mass is 19.4. The van der Waals surface area contributed by atoms with Crippen LogP contribution in [0.5, 0.6) is 0 Å². The number of imidazole rings is 1.